The van der Waals surface area contributed by atoms with Crippen molar-refractivity contribution in [1.82, 2.24) is 0 Å². The number of hydrogen-bond donors (Lipinski definition) is 1. The SMILES string of the molecule is Cc1c(Br)cccc1OCCCCCCCCO. The Kier molecular flexibility index (Phi) is 8.10. The van der Waals surface area contributed by atoms with Crippen molar-refractivity contribution in [3.63, 3.8) is 0 Å². The molecule has 0 fully saturated rings. The molecule has 1 aromatic rings. The van der Waals surface area contributed by atoms with Gasteiger partial charge in [0.15, 0.2) is 0 Å². The maximum Gasteiger partial charge on any atom is 0.123 e. The summed E-state index contributed by atoms with van der Waals surface area (Å²) in [5, 5.41) is 8.66. The molecular formula is C15H23BrO2. The van der Waals surface area contributed by atoms with E-state index in [-0.39, 0.29) is 0 Å². The molecule has 0 spiro atoms. The van der Waals surface area contributed by atoms with E-state index in [1.807, 2.05) is 18.2 Å². The first kappa shape index (κ1) is 15.5. The van der Waals surface area contributed by atoms with Crippen molar-refractivity contribution in [3.8, 4) is 5.75 Å². The zero-order valence-corrected chi connectivity index (χ0v) is 12.7. The molecule has 1 aromatic carbocycles. The minimum atomic E-state index is 0.325. The van der Waals surface area contributed by atoms with Crippen LogP contribution < -0.4 is 4.74 Å². The predicted molar refractivity (Wildman–Crippen MR) is 79.2 cm³/mol. The summed E-state index contributed by atoms with van der Waals surface area (Å²) in [4.78, 5) is 0. The van der Waals surface area contributed by atoms with Gasteiger partial charge in [-0.05, 0) is 31.9 Å². The van der Waals surface area contributed by atoms with Crippen LogP contribution in [-0.4, -0.2) is 18.3 Å². The van der Waals surface area contributed by atoms with E-state index in [1.165, 1.54) is 24.8 Å². The van der Waals surface area contributed by atoms with E-state index in [9.17, 15) is 0 Å². The van der Waals surface area contributed by atoms with Crippen LogP contribution in [0.3, 0.4) is 0 Å². The van der Waals surface area contributed by atoms with E-state index in [1.54, 1.807) is 0 Å². The zero-order valence-electron chi connectivity index (χ0n) is 11.1. The molecule has 18 heavy (non-hydrogen) atoms. The second-order valence-corrected chi connectivity index (χ2v) is 5.41. The molecule has 1 rings (SSSR count). The highest BCUT2D eigenvalue weighted by Gasteiger charge is 2.02. The average molecular weight is 315 g/mol. The van der Waals surface area contributed by atoms with Crippen molar-refractivity contribution in [2.45, 2.75) is 45.4 Å². The zero-order chi connectivity index (χ0) is 13.2. The number of hydrogen-bond acceptors (Lipinski definition) is 2. The molecule has 0 bridgehead atoms. The van der Waals surface area contributed by atoms with Crippen LogP contribution in [0.2, 0.25) is 0 Å². The summed E-state index contributed by atoms with van der Waals surface area (Å²) in [7, 11) is 0. The van der Waals surface area contributed by atoms with Crippen LogP contribution in [0.5, 0.6) is 5.75 Å². The predicted octanol–water partition coefficient (Wildman–Crippen LogP) is 4.47. The summed E-state index contributed by atoms with van der Waals surface area (Å²) in [5.74, 6) is 0.977. The highest BCUT2D eigenvalue weighted by atomic mass is 79.9. The van der Waals surface area contributed by atoms with Gasteiger partial charge in [0, 0.05) is 16.6 Å². The number of halogens is 1. The van der Waals surface area contributed by atoms with Gasteiger partial charge in [-0.25, -0.2) is 0 Å². The van der Waals surface area contributed by atoms with Crippen LogP contribution in [0.25, 0.3) is 0 Å². The molecule has 0 heterocycles. The van der Waals surface area contributed by atoms with Crippen molar-refractivity contribution < 1.29 is 9.84 Å². The van der Waals surface area contributed by atoms with Crippen molar-refractivity contribution in [3.05, 3.63) is 28.2 Å². The second kappa shape index (κ2) is 9.40. The molecular weight excluding hydrogens is 292 g/mol. The van der Waals surface area contributed by atoms with Crippen LogP contribution in [-0.2, 0) is 0 Å². The first-order valence-electron chi connectivity index (χ1n) is 6.74. The quantitative estimate of drug-likeness (QED) is 0.681. The van der Waals surface area contributed by atoms with Gasteiger partial charge < -0.3 is 9.84 Å². The van der Waals surface area contributed by atoms with Crippen molar-refractivity contribution in [2.75, 3.05) is 13.2 Å². The fourth-order valence-electron chi connectivity index (χ4n) is 1.85. The molecule has 0 aliphatic carbocycles. The number of aliphatic hydroxyl groups is 1. The van der Waals surface area contributed by atoms with Gasteiger partial charge >= 0.3 is 0 Å². The number of unbranched alkanes of at least 4 members (excludes halogenated alkanes) is 5. The number of benzene rings is 1. The molecule has 0 saturated carbocycles. The van der Waals surface area contributed by atoms with E-state index in [0.29, 0.717) is 6.61 Å². The lowest BCUT2D eigenvalue weighted by Crippen LogP contribution is -1.99. The van der Waals surface area contributed by atoms with Crippen molar-refractivity contribution in [2.24, 2.45) is 0 Å². The van der Waals surface area contributed by atoms with Gasteiger partial charge in [-0.1, -0.05) is 47.7 Å². The third kappa shape index (κ3) is 5.87. The summed E-state index contributed by atoms with van der Waals surface area (Å²) in [5.41, 5.74) is 1.17. The lowest BCUT2D eigenvalue weighted by Gasteiger charge is -2.10. The standard InChI is InChI=1S/C15H23BrO2/c1-13-14(16)9-8-10-15(13)18-12-7-5-3-2-4-6-11-17/h8-10,17H,2-7,11-12H2,1H3. The van der Waals surface area contributed by atoms with E-state index in [4.69, 9.17) is 9.84 Å². The largest absolute Gasteiger partial charge is 0.493 e. The molecule has 0 unspecified atom stereocenters. The van der Waals surface area contributed by atoms with Crippen molar-refractivity contribution in [1.29, 1.82) is 0 Å². The Balaban J connectivity index is 2.09. The molecule has 102 valence electrons. The van der Waals surface area contributed by atoms with Gasteiger partial charge in [0.05, 0.1) is 6.61 Å². The minimum Gasteiger partial charge on any atom is -0.493 e. The molecule has 0 saturated heterocycles. The summed E-state index contributed by atoms with van der Waals surface area (Å²) in [6.45, 7) is 3.18. The maximum atomic E-state index is 8.66. The van der Waals surface area contributed by atoms with Gasteiger partial charge in [-0.2, -0.15) is 0 Å². The number of aliphatic hydroxyl groups excluding tert-OH is 1. The third-order valence-electron chi connectivity index (χ3n) is 3.03. The van der Waals surface area contributed by atoms with E-state index in [0.717, 1.165) is 36.1 Å². The summed E-state index contributed by atoms with van der Waals surface area (Å²) < 4.78 is 6.88. The summed E-state index contributed by atoms with van der Waals surface area (Å²) in [6, 6.07) is 6.05. The van der Waals surface area contributed by atoms with Crippen LogP contribution in [0, 0.1) is 6.92 Å². The Morgan fingerprint density at radius 1 is 1.06 bits per heavy atom. The van der Waals surface area contributed by atoms with Gasteiger partial charge in [0.25, 0.3) is 0 Å². The van der Waals surface area contributed by atoms with E-state index >= 15 is 0 Å². The minimum absolute atomic E-state index is 0.325. The number of rotatable bonds is 9. The molecule has 0 aromatic heterocycles. The fourth-order valence-corrected chi connectivity index (χ4v) is 2.20. The van der Waals surface area contributed by atoms with Crippen LogP contribution in [0.1, 0.15) is 44.1 Å². The maximum absolute atomic E-state index is 8.66. The normalized spacial score (nSPS) is 10.6. The molecule has 2 nitrogen and oxygen atoms in total. The van der Waals surface area contributed by atoms with Gasteiger partial charge in [0.2, 0.25) is 0 Å². The third-order valence-corrected chi connectivity index (χ3v) is 3.89. The molecule has 0 aliphatic heterocycles. The Hall–Kier alpha value is -0.540. The molecule has 1 N–H and O–H groups in total. The average Bonchev–Trinajstić information content (AvgIpc) is 2.37. The first-order chi connectivity index (χ1) is 8.75. The van der Waals surface area contributed by atoms with Crippen LogP contribution in [0.15, 0.2) is 22.7 Å². The Bertz CT molecular complexity index is 339. The van der Waals surface area contributed by atoms with Crippen molar-refractivity contribution >= 4 is 15.9 Å². The highest BCUT2D eigenvalue weighted by molar-refractivity contribution is 9.10. The fraction of sp³-hybridized carbons (Fsp3) is 0.600. The molecule has 0 amide bonds. The topological polar surface area (TPSA) is 29.5 Å². The first-order valence-corrected chi connectivity index (χ1v) is 7.54. The van der Waals surface area contributed by atoms with Crippen LogP contribution in [0.4, 0.5) is 0 Å². The lowest BCUT2D eigenvalue weighted by molar-refractivity contribution is 0.280. The molecule has 0 aliphatic rings. The van der Waals surface area contributed by atoms with Crippen LogP contribution >= 0.6 is 15.9 Å². The molecule has 3 heteroatoms. The molecule has 0 radical (unpaired) electrons. The Morgan fingerprint density at radius 2 is 1.72 bits per heavy atom. The highest BCUT2D eigenvalue weighted by Crippen LogP contribution is 2.25. The monoisotopic (exact) mass is 314 g/mol. The number of ether oxygens (including phenoxy) is 1. The Labute approximate surface area is 118 Å². The summed E-state index contributed by atoms with van der Waals surface area (Å²) in [6.07, 6.45) is 6.84. The van der Waals surface area contributed by atoms with E-state index < -0.39 is 0 Å². The smallest absolute Gasteiger partial charge is 0.123 e. The van der Waals surface area contributed by atoms with Gasteiger partial charge in [0.1, 0.15) is 5.75 Å². The second-order valence-electron chi connectivity index (χ2n) is 4.56. The van der Waals surface area contributed by atoms with Gasteiger partial charge in [-0.3, -0.25) is 0 Å². The van der Waals surface area contributed by atoms with Gasteiger partial charge in [-0.15, -0.1) is 0 Å². The lowest BCUT2D eigenvalue weighted by atomic mass is 10.1. The molecule has 0 atom stereocenters. The Morgan fingerprint density at radius 3 is 2.44 bits per heavy atom. The summed E-state index contributed by atoms with van der Waals surface area (Å²) >= 11 is 3.50. The van der Waals surface area contributed by atoms with E-state index in [2.05, 4.69) is 22.9 Å².